The summed E-state index contributed by atoms with van der Waals surface area (Å²) >= 11 is 0. The number of nitrogens with one attached hydrogen (secondary N) is 1. The molecule has 3 nitrogen and oxygen atoms in total. The minimum absolute atomic E-state index is 0.0500. The fourth-order valence-corrected chi connectivity index (χ4v) is 2.92. The molecule has 2 unspecified atom stereocenters. The van der Waals surface area contributed by atoms with Crippen molar-refractivity contribution in [2.24, 2.45) is 0 Å². The van der Waals surface area contributed by atoms with E-state index in [-0.39, 0.29) is 17.6 Å². The van der Waals surface area contributed by atoms with Crippen LogP contribution in [0.15, 0.2) is 24.3 Å². The number of hydrogen-bond acceptors (Lipinski definition) is 2. The summed E-state index contributed by atoms with van der Waals surface area (Å²) in [6.45, 7) is 3.68. The number of carbonyl (C=O) groups is 1. The average molecular weight is 278 g/mol. The zero-order valence-corrected chi connectivity index (χ0v) is 12.2. The lowest BCUT2D eigenvalue weighted by Crippen LogP contribution is -2.41. The lowest BCUT2D eigenvalue weighted by molar-refractivity contribution is -0.132. The van der Waals surface area contributed by atoms with Gasteiger partial charge < -0.3 is 10.2 Å². The van der Waals surface area contributed by atoms with E-state index >= 15 is 0 Å². The molecule has 1 fully saturated rings. The first-order valence-electron chi connectivity index (χ1n) is 7.31. The van der Waals surface area contributed by atoms with Crippen molar-refractivity contribution in [2.45, 2.75) is 38.1 Å². The predicted molar refractivity (Wildman–Crippen MR) is 78.1 cm³/mol. The fraction of sp³-hybridized carbons (Fsp3) is 0.562. The largest absolute Gasteiger partial charge is 0.338 e. The van der Waals surface area contributed by atoms with Crippen molar-refractivity contribution in [3.05, 3.63) is 35.6 Å². The smallest absolute Gasteiger partial charge is 0.223 e. The van der Waals surface area contributed by atoms with Crippen LogP contribution in [0.5, 0.6) is 0 Å². The Hall–Kier alpha value is -1.42. The van der Waals surface area contributed by atoms with Crippen LogP contribution in [-0.2, 0) is 4.79 Å². The second-order valence-electron chi connectivity index (χ2n) is 5.60. The summed E-state index contributed by atoms with van der Waals surface area (Å²) in [5.41, 5.74) is 0.891. The normalized spacial score (nSPS) is 20.1. The van der Waals surface area contributed by atoms with E-state index in [1.54, 1.807) is 6.07 Å². The van der Waals surface area contributed by atoms with Crippen molar-refractivity contribution in [2.75, 3.05) is 20.1 Å². The van der Waals surface area contributed by atoms with Crippen LogP contribution in [0.25, 0.3) is 0 Å². The summed E-state index contributed by atoms with van der Waals surface area (Å²) in [4.78, 5) is 14.4. The van der Waals surface area contributed by atoms with Crippen LogP contribution in [0.3, 0.4) is 0 Å². The number of carbonyl (C=O) groups excluding carboxylic acids is 1. The zero-order chi connectivity index (χ0) is 14.5. The lowest BCUT2D eigenvalue weighted by atomic mass is 9.97. The van der Waals surface area contributed by atoms with Crippen LogP contribution < -0.4 is 5.32 Å². The minimum Gasteiger partial charge on any atom is -0.338 e. The topological polar surface area (TPSA) is 32.3 Å². The van der Waals surface area contributed by atoms with E-state index in [1.807, 2.05) is 24.9 Å². The van der Waals surface area contributed by atoms with Gasteiger partial charge in [0.25, 0.3) is 0 Å². The summed E-state index contributed by atoms with van der Waals surface area (Å²) in [5.74, 6) is -0.00965. The van der Waals surface area contributed by atoms with Crippen molar-refractivity contribution < 1.29 is 9.18 Å². The molecule has 0 saturated carbocycles. The molecule has 20 heavy (non-hydrogen) atoms. The predicted octanol–water partition coefficient (Wildman–Crippen LogP) is 2.53. The van der Waals surface area contributed by atoms with Gasteiger partial charge >= 0.3 is 0 Å². The Kier molecular flexibility index (Phi) is 5.12. The van der Waals surface area contributed by atoms with E-state index in [0.717, 1.165) is 31.5 Å². The molecule has 1 aromatic rings. The third kappa shape index (κ3) is 3.57. The number of likely N-dealkylation sites (N-methyl/N-ethyl adjacent to an activating group) is 1. The molecule has 1 aliphatic rings. The number of halogens is 1. The summed E-state index contributed by atoms with van der Waals surface area (Å²) in [6.07, 6.45) is 2.59. The van der Waals surface area contributed by atoms with E-state index < -0.39 is 0 Å². The van der Waals surface area contributed by atoms with Gasteiger partial charge in [0.2, 0.25) is 5.91 Å². The molecule has 0 aliphatic carbocycles. The van der Waals surface area contributed by atoms with Crippen LogP contribution in [-0.4, -0.2) is 37.0 Å². The van der Waals surface area contributed by atoms with Gasteiger partial charge in [0.15, 0.2) is 0 Å². The van der Waals surface area contributed by atoms with Crippen molar-refractivity contribution in [3.8, 4) is 0 Å². The molecule has 1 aliphatic heterocycles. The highest BCUT2D eigenvalue weighted by Crippen LogP contribution is 2.24. The fourth-order valence-electron chi connectivity index (χ4n) is 2.92. The molecule has 0 spiro atoms. The third-order valence-corrected chi connectivity index (χ3v) is 4.04. The molecule has 1 N–H and O–H groups in total. The Morgan fingerprint density at radius 2 is 2.35 bits per heavy atom. The Morgan fingerprint density at radius 3 is 3.05 bits per heavy atom. The van der Waals surface area contributed by atoms with Gasteiger partial charge in [0.1, 0.15) is 5.82 Å². The number of rotatable bonds is 5. The molecule has 1 heterocycles. The van der Waals surface area contributed by atoms with Crippen LogP contribution in [0.2, 0.25) is 0 Å². The molecule has 2 rings (SSSR count). The quantitative estimate of drug-likeness (QED) is 0.897. The van der Waals surface area contributed by atoms with E-state index in [1.165, 1.54) is 12.1 Å². The number of benzene rings is 1. The SMILES string of the molecule is CNCC1CCCN1C(=O)CC(C)c1cccc(F)c1. The summed E-state index contributed by atoms with van der Waals surface area (Å²) in [7, 11) is 1.91. The first-order chi connectivity index (χ1) is 9.61. The van der Waals surface area contributed by atoms with Gasteiger partial charge in [-0.1, -0.05) is 19.1 Å². The summed E-state index contributed by atoms with van der Waals surface area (Å²) in [6, 6.07) is 6.85. The first kappa shape index (κ1) is 15.0. The van der Waals surface area contributed by atoms with Crippen molar-refractivity contribution in [3.63, 3.8) is 0 Å². The van der Waals surface area contributed by atoms with Crippen LogP contribution in [0, 0.1) is 5.82 Å². The van der Waals surface area contributed by atoms with E-state index in [0.29, 0.717) is 12.5 Å². The Morgan fingerprint density at radius 1 is 1.55 bits per heavy atom. The molecule has 1 saturated heterocycles. The van der Waals surface area contributed by atoms with Crippen LogP contribution >= 0.6 is 0 Å². The van der Waals surface area contributed by atoms with E-state index in [4.69, 9.17) is 0 Å². The van der Waals surface area contributed by atoms with Crippen molar-refractivity contribution in [1.82, 2.24) is 10.2 Å². The first-order valence-corrected chi connectivity index (χ1v) is 7.31. The molecule has 0 bridgehead atoms. The highest BCUT2D eigenvalue weighted by Gasteiger charge is 2.28. The minimum atomic E-state index is -0.240. The lowest BCUT2D eigenvalue weighted by Gasteiger charge is -2.26. The molecular weight excluding hydrogens is 255 g/mol. The van der Waals surface area contributed by atoms with Gasteiger partial charge in [-0.2, -0.15) is 0 Å². The standard InChI is InChI=1S/C16H23FN2O/c1-12(13-5-3-6-14(17)10-13)9-16(20)19-8-4-7-15(19)11-18-2/h3,5-6,10,12,15,18H,4,7-9,11H2,1-2H3. The monoisotopic (exact) mass is 278 g/mol. The highest BCUT2D eigenvalue weighted by atomic mass is 19.1. The van der Waals surface area contributed by atoms with Gasteiger partial charge in [0, 0.05) is 25.6 Å². The summed E-state index contributed by atoms with van der Waals surface area (Å²) in [5, 5.41) is 3.14. The molecule has 0 aromatic heterocycles. The van der Waals surface area contributed by atoms with Gasteiger partial charge in [-0.3, -0.25) is 4.79 Å². The maximum atomic E-state index is 13.2. The number of likely N-dealkylation sites (tertiary alicyclic amines) is 1. The van der Waals surface area contributed by atoms with Gasteiger partial charge in [0.05, 0.1) is 0 Å². The van der Waals surface area contributed by atoms with Gasteiger partial charge in [-0.25, -0.2) is 4.39 Å². The Labute approximate surface area is 120 Å². The molecule has 1 aromatic carbocycles. The summed E-state index contributed by atoms with van der Waals surface area (Å²) < 4.78 is 13.2. The zero-order valence-electron chi connectivity index (χ0n) is 12.2. The highest BCUT2D eigenvalue weighted by molar-refractivity contribution is 5.77. The maximum absolute atomic E-state index is 13.2. The van der Waals surface area contributed by atoms with Gasteiger partial charge in [-0.15, -0.1) is 0 Å². The number of amides is 1. The van der Waals surface area contributed by atoms with Crippen molar-refractivity contribution in [1.29, 1.82) is 0 Å². The Balaban J connectivity index is 1.97. The van der Waals surface area contributed by atoms with E-state index in [2.05, 4.69) is 5.32 Å². The number of hydrogen-bond donors (Lipinski definition) is 1. The van der Waals surface area contributed by atoms with Crippen molar-refractivity contribution >= 4 is 5.91 Å². The maximum Gasteiger partial charge on any atom is 0.223 e. The molecule has 1 amide bonds. The second-order valence-corrected chi connectivity index (χ2v) is 5.60. The average Bonchev–Trinajstić information content (AvgIpc) is 2.87. The van der Waals surface area contributed by atoms with Gasteiger partial charge in [-0.05, 0) is 43.5 Å². The third-order valence-electron chi connectivity index (χ3n) is 4.04. The molecule has 4 heteroatoms. The van der Waals surface area contributed by atoms with Crippen LogP contribution in [0.1, 0.15) is 37.7 Å². The number of nitrogens with zero attached hydrogens (tertiary/aromatic N) is 1. The molecule has 0 radical (unpaired) electrons. The second kappa shape index (κ2) is 6.84. The molecular formula is C16H23FN2O. The molecule has 2 atom stereocenters. The van der Waals surface area contributed by atoms with Crippen LogP contribution in [0.4, 0.5) is 4.39 Å². The Bertz CT molecular complexity index is 464. The molecule has 110 valence electrons. The van der Waals surface area contributed by atoms with E-state index in [9.17, 15) is 9.18 Å².